The zero-order valence-electron chi connectivity index (χ0n) is 18.3. The summed E-state index contributed by atoms with van der Waals surface area (Å²) in [6, 6.07) is 15.5. The lowest BCUT2D eigenvalue weighted by Gasteiger charge is -2.37. The fourth-order valence-corrected chi connectivity index (χ4v) is 6.19. The largest absolute Gasteiger partial charge is 0.295 e. The number of imide groups is 1. The molecule has 1 heterocycles. The lowest BCUT2D eigenvalue weighted by atomic mass is 9.63. The number of rotatable bonds is 5. The third-order valence-corrected chi connectivity index (χ3v) is 7.87. The van der Waals surface area contributed by atoms with Gasteiger partial charge in [0.15, 0.2) is 5.78 Å². The van der Waals surface area contributed by atoms with Crippen molar-refractivity contribution in [2.75, 3.05) is 11.6 Å². The van der Waals surface area contributed by atoms with Crippen LogP contribution >= 0.6 is 0 Å². The van der Waals surface area contributed by atoms with Crippen LogP contribution in [0.4, 0.5) is 5.69 Å². The molecule has 7 rings (SSSR count). The van der Waals surface area contributed by atoms with E-state index >= 15 is 0 Å². The highest BCUT2D eigenvalue weighted by Crippen LogP contribution is 2.65. The van der Waals surface area contributed by atoms with Crippen LogP contribution in [-0.2, 0) is 9.59 Å². The van der Waals surface area contributed by atoms with Crippen LogP contribution in [0.5, 0.6) is 0 Å². The third kappa shape index (κ3) is 3.00. The van der Waals surface area contributed by atoms with Gasteiger partial charge in [-0.25, -0.2) is 0 Å². The number of Topliss-reactive ketones (excluding diaryl/α,β-unsaturated/α-hetero) is 1. The molecule has 4 aliphatic carbocycles. The van der Waals surface area contributed by atoms with Crippen molar-refractivity contribution in [1.29, 1.82) is 0 Å². The third-order valence-electron chi connectivity index (χ3n) is 7.87. The number of hydrogen-bond donors (Lipinski definition) is 0. The molecule has 2 aromatic rings. The van der Waals surface area contributed by atoms with Crippen molar-refractivity contribution in [3.05, 3.63) is 77.9 Å². The minimum atomic E-state index is -0.323. The van der Waals surface area contributed by atoms with Crippen molar-refractivity contribution in [2.24, 2.45) is 35.5 Å². The molecule has 0 unspecified atom stereocenters. The second-order valence-corrected chi connectivity index (χ2v) is 9.61. The highest BCUT2D eigenvalue weighted by molar-refractivity contribution is 6.10. The molecule has 3 fully saturated rings. The lowest BCUT2D eigenvalue weighted by molar-refractivity contribution is -0.140. The van der Waals surface area contributed by atoms with Gasteiger partial charge in [-0.3, -0.25) is 29.0 Å². The number of likely N-dealkylation sites (tertiary alicyclic amines) is 1. The molecule has 6 nitrogen and oxygen atoms in total. The van der Waals surface area contributed by atoms with E-state index < -0.39 is 0 Å². The number of hydrogen-bond acceptors (Lipinski definition) is 4. The molecule has 2 saturated carbocycles. The highest BCUT2D eigenvalue weighted by atomic mass is 16.2. The Bertz CT molecular complexity index is 1180. The average molecular weight is 440 g/mol. The maximum Gasteiger partial charge on any atom is 0.259 e. The molecular formula is C27H24N2O4. The Morgan fingerprint density at radius 1 is 0.879 bits per heavy atom. The first-order valence-electron chi connectivity index (χ1n) is 11.5. The van der Waals surface area contributed by atoms with E-state index in [0.717, 1.165) is 6.42 Å². The second-order valence-electron chi connectivity index (χ2n) is 9.61. The molecule has 0 radical (unpaired) electrons. The predicted molar refractivity (Wildman–Crippen MR) is 121 cm³/mol. The van der Waals surface area contributed by atoms with Gasteiger partial charge in [0.25, 0.3) is 5.91 Å². The van der Waals surface area contributed by atoms with E-state index in [9.17, 15) is 19.2 Å². The standard InChI is InChI=1S/C27H24N2O4/c1-15(30)17-8-5-9-18(12-17)28(25(31)16-6-3-2-4-7-16)14-29-26(32)23-19-10-11-20(22-13-21(19)22)24(23)27(29)33/h2-12,19-24H,13-14H2,1H3/t19-,20-,21-,22+,23+,24-/m1/s1. The van der Waals surface area contributed by atoms with E-state index in [-0.39, 0.29) is 53.8 Å². The molecule has 3 amide bonds. The van der Waals surface area contributed by atoms with Crippen LogP contribution in [-0.4, -0.2) is 35.1 Å². The molecular weight excluding hydrogens is 416 g/mol. The molecule has 1 saturated heterocycles. The minimum Gasteiger partial charge on any atom is -0.295 e. The number of carbonyl (C=O) groups is 4. The van der Waals surface area contributed by atoms with Crippen molar-refractivity contribution >= 4 is 29.2 Å². The topological polar surface area (TPSA) is 74.8 Å². The number of ketones is 1. The molecule has 6 heteroatoms. The normalized spacial score (nSPS) is 30.8. The summed E-state index contributed by atoms with van der Waals surface area (Å²) in [7, 11) is 0. The molecule has 5 aliphatic rings. The Morgan fingerprint density at radius 3 is 2.09 bits per heavy atom. The van der Waals surface area contributed by atoms with Crippen LogP contribution in [0.3, 0.4) is 0 Å². The maximum absolute atomic E-state index is 13.5. The van der Waals surface area contributed by atoms with Gasteiger partial charge in [0.2, 0.25) is 11.8 Å². The van der Waals surface area contributed by atoms with E-state index in [2.05, 4.69) is 12.2 Å². The van der Waals surface area contributed by atoms with Crippen LogP contribution in [0.2, 0.25) is 0 Å². The average Bonchev–Trinajstić information content (AvgIpc) is 3.62. The summed E-state index contributed by atoms with van der Waals surface area (Å²) in [4.78, 5) is 55.2. The number of anilines is 1. The molecule has 2 bridgehead atoms. The molecule has 6 atom stereocenters. The molecule has 2 aromatic carbocycles. The Morgan fingerprint density at radius 2 is 1.48 bits per heavy atom. The van der Waals surface area contributed by atoms with Crippen LogP contribution in [0.1, 0.15) is 34.1 Å². The molecule has 0 N–H and O–H groups in total. The summed E-state index contributed by atoms with van der Waals surface area (Å²) in [6.45, 7) is 1.31. The van der Waals surface area contributed by atoms with Crippen molar-refractivity contribution in [3.63, 3.8) is 0 Å². The minimum absolute atomic E-state index is 0.120. The van der Waals surface area contributed by atoms with Crippen LogP contribution < -0.4 is 4.90 Å². The quantitative estimate of drug-likeness (QED) is 0.405. The van der Waals surface area contributed by atoms with Gasteiger partial charge in [-0.1, -0.05) is 42.5 Å². The van der Waals surface area contributed by atoms with Crippen molar-refractivity contribution in [2.45, 2.75) is 13.3 Å². The van der Waals surface area contributed by atoms with Gasteiger partial charge >= 0.3 is 0 Å². The zero-order chi connectivity index (χ0) is 22.9. The molecule has 1 aliphatic heterocycles. The monoisotopic (exact) mass is 440 g/mol. The van der Waals surface area contributed by atoms with Gasteiger partial charge in [0.1, 0.15) is 6.67 Å². The summed E-state index contributed by atoms with van der Waals surface area (Å²) in [5.41, 5.74) is 1.40. The highest BCUT2D eigenvalue weighted by Gasteiger charge is 2.67. The Kier molecular flexibility index (Phi) is 4.41. The summed E-state index contributed by atoms with van der Waals surface area (Å²) >= 11 is 0. The van der Waals surface area contributed by atoms with Crippen LogP contribution in [0, 0.1) is 35.5 Å². The number of nitrogens with zero attached hydrogens (tertiary/aromatic N) is 2. The van der Waals surface area contributed by atoms with Crippen molar-refractivity contribution in [1.82, 2.24) is 4.90 Å². The first kappa shape index (κ1) is 20.1. The van der Waals surface area contributed by atoms with E-state index in [1.54, 1.807) is 48.5 Å². The van der Waals surface area contributed by atoms with E-state index in [4.69, 9.17) is 0 Å². The van der Waals surface area contributed by atoms with Gasteiger partial charge < -0.3 is 0 Å². The van der Waals surface area contributed by atoms with Gasteiger partial charge in [0.05, 0.1) is 11.8 Å². The van der Waals surface area contributed by atoms with Gasteiger partial charge in [-0.2, -0.15) is 0 Å². The van der Waals surface area contributed by atoms with Crippen LogP contribution in [0.15, 0.2) is 66.7 Å². The SMILES string of the molecule is CC(=O)c1cccc(N(CN2C(=O)[C@@H]3[C@@H]4C=C[C@H]([C@H]5C[C@@H]45)[C@@H]3C2=O)C(=O)c2ccccc2)c1. The predicted octanol–water partition coefficient (Wildman–Crippen LogP) is 3.55. The maximum atomic E-state index is 13.5. The van der Waals surface area contributed by atoms with Crippen molar-refractivity contribution < 1.29 is 19.2 Å². The summed E-state index contributed by atoms with van der Waals surface area (Å²) < 4.78 is 0. The number of allylic oxidation sites excluding steroid dienone is 2. The van der Waals surface area contributed by atoms with E-state index in [1.807, 2.05) is 6.07 Å². The second kappa shape index (κ2) is 7.24. The number of benzene rings is 2. The zero-order valence-corrected chi connectivity index (χ0v) is 18.3. The Hall–Kier alpha value is -3.54. The lowest BCUT2D eigenvalue weighted by Crippen LogP contribution is -2.45. The van der Waals surface area contributed by atoms with Gasteiger partial charge in [-0.05, 0) is 61.3 Å². The first-order chi connectivity index (χ1) is 16.0. The van der Waals surface area contributed by atoms with Crippen LogP contribution in [0.25, 0.3) is 0 Å². The Balaban J connectivity index is 1.36. The molecule has 33 heavy (non-hydrogen) atoms. The fraction of sp³-hybridized carbons (Fsp3) is 0.333. The molecule has 166 valence electrons. The number of amides is 3. The first-order valence-corrected chi connectivity index (χ1v) is 11.5. The molecule has 0 spiro atoms. The van der Waals surface area contributed by atoms with Crippen molar-refractivity contribution in [3.8, 4) is 0 Å². The van der Waals surface area contributed by atoms with Gasteiger partial charge in [-0.15, -0.1) is 0 Å². The fourth-order valence-electron chi connectivity index (χ4n) is 6.19. The summed E-state index contributed by atoms with van der Waals surface area (Å²) in [5.74, 6) is -0.120. The summed E-state index contributed by atoms with van der Waals surface area (Å²) in [5, 5.41) is 0. The summed E-state index contributed by atoms with van der Waals surface area (Å²) in [6.07, 6.45) is 5.38. The van der Waals surface area contributed by atoms with E-state index in [0.29, 0.717) is 28.7 Å². The number of carbonyl (C=O) groups excluding carboxylic acids is 4. The smallest absolute Gasteiger partial charge is 0.259 e. The molecule has 0 aromatic heterocycles. The van der Waals surface area contributed by atoms with E-state index in [1.165, 1.54) is 16.7 Å². The Labute approximate surface area is 191 Å². The van der Waals surface area contributed by atoms with Gasteiger partial charge in [0, 0.05) is 16.8 Å².